The molecule has 0 bridgehead atoms. The third-order valence-corrected chi connectivity index (χ3v) is 4.12. The van der Waals surface area contributed by atoms with Gasteiger partial charge in [0.1, 0.15) is 0 Å². The maximum Gasteiger partial charge on any atom is 0.313 e. The molecular formula is C18H29NO2. The van der Waals surface area contributed by atoms with E-state index in [4.69, 9.17) is 4.74 Å². The Labute approximate surface area is 129 Å². The molecule has 0 saturated carbocycles. The molecule has 0 amide bonds. The van der Waals surface area contributed by atoms with E-state index in [0.717, 1.165) is 38.9 Å². The summed E-state index contributed by atoms with van der Waals surface area (Å²) in [5.74, 6) is -0.00240. The number of hydrogen-bond donors (Lipinski definition) is 0. The molecule has 1 aliphatic heterocycles. The Morgan fingerprint density at radius 3 is 2.62 bits per heavy atom. The lowest BCUT2D eigenvalue weighted by Gasteiger charge is -2.26. The Balaban J connectivity index is 0.00000220. The number of carbonyl (C=O) groups is 1. The Morgan fingerprint density at radius 2 is 2.00 bits per heavy atom. The Kier molecular flexibility index (Phi) is 6.90. The highest BCUT2D eigenvalue weighted by molar-refractivity contribution is 5.77. The van der Waals surface area contributed by atoms with Crippen molar-refractivity contribution in [3.63, 3.8) is 0 Å². The quantitative estimate of drug-likeness (QED) is 0.745. The molecule has 1 atom stereocenters. The topological polar surface area (TPSA) is 29.5 Å². The van der Waals surface area contributed by atoms with Gasteiger partial charge in [0.2, 0.25) is 0 Å². The van der Waals surface area contributed by atoms with Crippen LogP contribution in [0.25, 0.3) is 0 Å². The fraction of sp³-hybridized carbons (Fsp3) is 0.611. The highest BCUT2D eigenvalue weighted by atomic mass is 16.5. The standard InChI is InChI=1S/C17H25NO2.CH4/c1-3-10-17(16(19)20-4-2)11-12-18(14-17)13-15-8-6-5-7-9-15;/h5-9H,3-4,10-14H2,1-2H3;1H4. The Bertz CT molecular complexity index is 432. The summed E-state index contributed by atoms with van der Waals surface area (Å²) in [6.07, 6.45) is 2.88. The van der Waals surface area contributed by atoms with E-state index >= 15 is 0 Å². The molecule has 1 aliphatic rings. The zero-order chi connectivity index (χ0) is 14.4. The van der Waals surface area contributed by atoms with Gasteiger partial charge in [0, 0.05) is 13.1 Å². The molecule has 2 rings (SSSR count). The highest BCUT2D eigenvalue weighted by Gasteiger charge is 2.44. The maximum absolute atomic E-state index is 12.3. The zero-order valence-corrected chi connectivity index (χ0v) is 12.6. The maximum atomic E-state index is 12.3. The molecular weight excluding hydrogens is 262 g/mol. The van der Waals surface area contributed by atoms with Crippen LogP contribution in [0.2, 0.25) is 0 Å². The summed E-state index contributed by atoms with van der Waals surface area (Å²) in [7, 11) is 0. The number of rotatable bonds is 6. The van der Waals surface area contributed by atoms with Crippen molar-refractivity contribution in [1.29, 1.82) is 0 Å². The van der Waals surface area contributed by atoms with E-state index in [9.17, 15) is 4.79 Å². The molecule has 1 aromatic carbocycles. The fourth-order valence-electron chi connectivity index (χ4n) is 3.17. The first-order chi connectivity index (χ1) is 9.70. The van der Waals surface area contributed by atoms with Gasteiger partial charge in [-0.05, 0) is 31.9 Å². The van der Waals surface area contributed by atoms with Gasteiger partial charge < -0.3 is 4.74 Å². The van der Waals surface area contributed by atoms with Crippen LogP contribution in [-0.2, 0) is 16.1 Å². The van der Waals surface area contributed by atoms with Crippen molar-refractivity contribution in [2.45, 2.75) is 47.1 Å². The van der Waals surface area contributed by atoms with E-state index in [2.05, 4.69) is 36.1 Å². The van der Waals surface area contributed by atoms with Crippen molar-refractivity contribution in [3.8, 4) is 0 Å². The van der Waals surface area contributed by atoms with Gasteiger partial charge in [-0.3, -0.25) is 9.69 Å². The molecule has 1 aromatic rings. The van der Waals surface area contributed by atoms with Crippen LogP contribution in [0.1, 0.15) is 46.1 Å². The normalized spacial score (nSPS) is 21.8. The molecule has 1 saturated heterocycles. The van der Waals surface area contributed by atoms with Crippen LogP contribution in [0, 0.1) is 5.41 Å². The van der Waals surface area contributed by atoms with Crippen molar-refractivity contribution in [2.24, 2.45) is 5.41 Å². The summed E-state index contributed by atoms with van der Waals surface area (Å²) < 4.78 is 5.31. The first kappa shape index (κ1) is 17.7. The third kappa shape index (κ3) is 4.31. The van der Waals surface area contributed by atoms with Crippen LogP contribution in [0.4, 0.5) is 0 Å². The summed E-state index contributed by atoms with van der Waals surface area (Å²) in [5.41, 5.74) is 1.03. The average Bonchev–Trinajstić information content (AvgIpc) is 2.85. The van der Waals surface area contributed by atoms with Gasteiger partial charge in [-0.1, -0.05) is 51.1 Å². The summed E-state index contributed by atoms with van der Waals surface area (Å²) in [5, 5.41) is 0. The van der Waals surface area contributed by atoms with Gasteiger partial charge in [0.25, 0.3) is 0 Å². The van der Waals surface area contributed by atoms with Crippen molar-refractivity contribution >= 4 is 5.97 Å². The molecule has 0 aliphatic carbocycles. The van der Waals surface area contributed by atoms with Gasteiger partial charge in [-0.25, -0.2) is 0 Å². The van der Waals surface area contributed by atoms with Gasteiger partial charge in [-0.2, -0.15) is 0 Å². The lowest BCUT2D eigenvalue weighted by atomic mass is 9.82. The summed E-state index contributed by atoms with van der Waals surface area (Å²) in [4.78, 5) is 14.7. The Morgan fingerprint density at radius 1 is 1.29 bits per heavy atom. The first-order valence-electron chi connectivity index (χ1n) is 7.63. The molecule has 0 aromatic heterocycles. The minimum Gasteiger partial charge on any atom is -0.466 e. The van der Waals surface area contributed by atoms with Crippen molar-refractivity contribution in [1.82, 2.24) is 4.90 Å². The molecule has 1 unspecified atom stereocenters. The fourth-order valence-corrected chi connectivity index (χ4v) is 3.17. The van der Waals surface area contributed by atoms with E-state index < -0.39 is 0 Å². The molecule has 3 nitrogen and oxygen atoms in total. The highest BCUT2D eigenvalue weighted by Crippen LogP contribution is 2.37. The molecule has 21 heavy (non-hydrogen) atoms. The summed E-state index contributed by atoms with van der Waals surface area (Å²) in [6, 6.07) is 10.5. The molecule has 1 fully saturated rings. The SMILES string of the molecule is C.CCCC1(C(=O)OCC)CCN(Cc2ccccc2)C1. The number of nitrogens with zero attached hydrogens (tertiary/aromatic N) is 1. The predicted octanol–water partition coefficient (Wildman–Crippen LogP) is 3.88. The van der Waals surface area contributed by atoms with Crippen molar-refractivity contribution in [3.05, 3.63) is 35.9 Å². The van der Waals surface area contributed by atoms with Crippen molar-refractivity contribution in [2.75, 3.05) is 19.7 Å². The monoisotopic (exact) mass is 291 g/mol. The van der Waals surface area contributed by atoms with E-state index in [1.54, 1.807) is 0 Å². The smallest absolute Gasteiger partial charge is 0.313 e. The number of benzene rings is 1. The zero-order valence-electron chi connectivity index (χ0n) is 12.6. The van der Waals surface area contributed by atoms with Crippen LogP contribution in [0.15, 0.2) is 30.3 Å². The van der Waals surface area contributed by atoms with Crippen LogP contribution in [0.5, 0.6) is 0 Å². The lowest BCUT2D eigenvalue weighted by molar-refractivity contribution is -0.155. The number of likely N-dealkylation sites (tertiary alicyclic amines) is 1. The first-order valence-corrected chi connectivity index (χ1v) is 7.63. The molecule has 118 valence electrons. The number of ether oxygens (including phenoxy) is 1. The predicted molar refractivity (Wildman–Crippen MR) is 87.0 cm³/mol. The molecule has 3 heteroatoms. The van der Waals surface area contributed by atoms with Gasteiger partial charge in [0.15, 0.2) is 0 Å². The molecule has 0 radical (unpaired) electrons. The van der Waals surface area contributed by atoms with Gasteiger partial charge in [0.05, 0.1) is 12.0 Å². The minimum absolute atomic E-state index is 0. The van der Waals surface area contributed by atoms with E-state index in [1.165, 1.54) is 5.56 Å². The minimum atomic E-state index is -0.278. The third-order valence-electron chi connectivity index (χ3n) is 4.12. The van der Waals surface area contributed by atoms with Gasteiger partial charge >= 0.3 is 5.97 Å². The van der Waals surface area contributed by atoms with E-state index in [0.29, 0.717) is 6.61 Å². The lowest BCUT2D eigenvalue weighted by Crippen LogP contribution is -2.36. The van der Waals surface area contributed by atoms with Crippen LogP contribution < -0.4 is 0 Å². The average molecular weight is 291 g/mol. The van der Waals surface area contributed by atoms with Crippen LogP contribution >= 0.6 is 0 Å². The molecule has 0 spiro atoms. The second-order valence-corrected chi connectivity index (χ2v) is 5.70. The van der Waals surface area contributed by atoms with Gasteiger partial charge in [-0.15, -0.1) is 0 Å². The summed E-state index contributed by atoms with van der Waals surface area (Å²) >= 11 is 0. The van der Waals surface area contributed by atoms with Crippen LogP contribution in [-0.4, -0.2) is 30.6 Å². The molecule has 1 heterocycles. The number of carbonyl (C=O) groups excluding carboxylic acids is 1. The Hall–Kier alpha value is -1.35. The van der Waals surface area contributed by atoms with E-state index in [1.807, 2.05) is 13.0 Å². The second kappa shape index (κ2) is 8.18. The number of esters is 1. The summed E-state index contributed by atoms with van der Waals surface area (Å²) in [6.45, 7) is 7.23. The molecule has 0 N–H and O–H groups in total. The van der Waals surface area contributed by atoms with Crippen molar-refractivity contribution < 1.29 is 9.53 Å². The number of hydrogen-bond acceptors (Lipinski definition) is 3. The van der Waals surface area contributed by atoms with E-state index in [-0.39, 0.29) is 18.8 Å². The second-order valence-electron chi connectivity index (χ2n) is 5.70. The van der Waals surface area contributed by atoms with Crippen LogP contribution in [0.3, 0.4) is 0 Å². The largest absolute Gasteiger partial charge is 0.466 e.